The molecule has 0 N–H and O–H groups in total. The molecule has 4 rings (SSSR count). The van der Waals surface area contributed by atoms with E-state index in [1.807, 2.05) is 30.3 Å². The van der Waals surface area contributed by atoms with Crippen molar-refractivity contribution in [1.82, 2.24) is 10.3 Å². The molecule has 0 saturated carbocycles. The Balaban J connectivity index is 1.93. The van der Waals surface area contributed by atoms with E-state index in [-0.39, 0.29) is 17.9 Å². The van der Waals surface area contributed by atoms with Crippen molar-refractivity contribution in [2.45, 2.75) is 6.92 Å². The number of carbonyl (C=O) groups is 1. The molecule has 29 heavy (non-hydrogen) atoms. The lowest BCUT2D eigenvalue weighted by atomic mass is 10.0. The van der Waals surface area contributed by atoms with Gasteiger partial charge >= 0.3 is 5.97 Å². The predicted octanol–water partition coefficient (Wildman–Crippen LogP) is 6.15. The highest BCUT2D eigenvalue weighted by Crippen LogP contribution is 2.42. The van der Waals surface area contributed by atoms with E-state index >= 15 is 0 Å². The molecule has 0 radical (unpaired) electrons. The third-order valence-corrected chi connectivity index (χ3v) is 4.86. The summed E-state index contributed by atoms with van der Waals surface area (Å²) in [5.41, 5.74) is 2.42. The highest BCUT2D eigenvalue weighted by molar-refractivity contribution is 6.39. The van der Waals surface area contributed by atoms with Gasteiger partial charge in [0.2, 0.25) is 0 Å². The Morgan fingerprint density at radius 3 is 2.41 bits per heavy atom. The summed E-state index contributed by atoms with van der Waals surface area (Å²) < 4.78 is 16.0. The molecule has 146 valence electrons. The fourth-order valence-corrected chi connectivity index (χ4v) is 3.54. The summed E-state index contributed by atoms with van der Waals surface area (Å²) in [4.78, 5) is 12.8. The molecule has 2 heterocycles. The van der Waals surface area contributed by atoms with Crippen LogP contribution in [0.1, 0.15) is 17.3 Å². The minimum atomic E-state index is -0.569. The monoisotopic (exact) mass is 428 g/mol. The average molecular weight is 429 g/mol. The molecule has 6 nitrogen and oxygen atoms in total. The lowest BCUT2D eigenvalue weighted by Crippen LogP contribution is -2.06. The Bertz CT molecular complexity index is 1150. The molecule has 0 amide bonds. The molecule has 0 bridgehead atoms. The number of hydrogen-bond donors (Lipinski definition) is 0. The van der Waals surface area contributed by atoms with Gasteiger partial charge in [-0.15, -0.1) is 0 Å². The number of hydrogen-bond acceptors (Lipinski definition) is 6. The third kappa shape index (κ3) is 3.52. The SMILES string of the molecule is CCOC(=O)c1c(-c2ccccc2)noc1-c1conc1-c1c(Cl)cccc1Cl. The van der Waals surface area contributed by atoms with Crippen LogP contribution in [0.4, 0.5) is 0 Å². The summed E-state index contributed by atoms with van der Waals surface area (Å²) >= 11 is 12.7. The number of rotatable bonds is 5. The van der Waals surface area contributed by atoms with Gasteiger partial charge in [-0.25, -0.2) is 4.79 Å². The highest BCUT2D eigenvalue weighted by atomic mass is 35.5. The smallest absolute Gasteiger partial charge is 0.344 e. The van der Waals surface area contributed by atoms with E-state index in [0.29, 0.717) is 38.1 Å². The summed E-state index contributed by atoms with van der Waals surface area (Å²) in [6.07, 6.45) is 1.35. The molecule has 0 aliphatic rings. The molecule has 0 aliphatic carbocycles. The number of nitrogens with zero attached hydrogens (tertiary/aromatic N) is 2. The third-order valence-electron chi connectivity index (χ3n) is 4.23. The molecule has 4 aromatic rings. The molecule has 0 spiro atoms. The first-order chi connectivity index (χ1) is 14.1. The Labute approximate surface area is 176 Å². The first kappa shape index (κ1) is 19.2. The van der Waals surface area contributed by atoms with Gasteiger partial charge in [-0.2, -0.15) is 0 Å². The van der Waals surface area contributed by atoms with Crippen LogP contribution in [-0.4, -0.2) is 22.9 Å². The number of benzene rings is 2. The van der Waals surface area contributed by atoms with Gasteiger partial charge in [0.25, 0.3) is 0 Å². The summed E-state index contributed by atoms with van der Waals surface area (Å²) in [6, 6.07) is 14.3. The maximum atomic E-state index is 12.8. The van der Waals surface area contributed by atoms with E-state index in [1.54, 1.807) is 25.1 Å². The number of esters is 1. The van der Waals surface area contributed by atoms with Crippen molar-refractivity contribution < 1.29 is 18.6 Å². The molecule has 0 atom stereocenters. The number of aromatic nitrogens is 2. The Morgan fingerprint density at radius 1 is 1.00 bits per heavy atom. The quantitative estimate of drug-likeness (QED) is 0.354. The van der Waals surface area contributed by atoms with Crippen molar-refractivity contribution in [1.29, 1.82) is 0 Å². The first-order valence-corrected chi connectivity index (χ1v) is 9.48. The zero-order valence-electron chi connectivity index (χ0n) is 15.2. The maximum absolute atomic E-state index is 12.8. The average Bonchev–Trinajstić information content (AvgIpc) is 3.35. The van der Waals surface area contributed by atoms with Gasteiger partial charge in [0, 0.05) is 11.1 Å². The van der Waals surface area contributed by atoms with Crippen LogP contribution in [0.25, 0.3) is 33.8 Å². The van der Waals surface area contributed by atoms with Gasteiger partial charge in [-0.1, -0.05) is 69.9 Å². The van der Waals surface area contributed by atoms with Crippen LogP contribution in [-0.2, 0) is 4.74 Å². The molecule has 8 heteroatoms. The minimum Gasteiger partial charge on any atom is -0.462 e. The molecule has 0 fully saturated rings. The second-order valence-electron chi connectivity index (χ2n) is 6.00. The van der Waals surface area contributed by atoms with Crippen molar-refractivity contribution >= 4 is 29.2 Å². The van der Waals surface area contributed by atoms with Crippen molar-refractivity contribution in [2.24, 2.45) is 0 Å². The first-order valence-electron chi connectivity index (χ1n) is 8.73. The van der Waals surface area contributed by atoms with Crippen LogP contribution in [0.5, 0.6) is 0 Å². The largest absolute Gasteiger partial charge is 0.462 e. The van der Waals surface area contributed by atoms with Gasteiger partial charge in [-0.3, -0.25) is 0 Å². The maximum Gasteiger partial charge on any atom is 0.344 e. The number of halogens is 2. The topological polar surface area (TPSA) is 78.4 Å². The lowest BCUT2D eigenvalue weighted by molar-refractivity contribution is 0.0527. The lowest BCUT2D eigenvalue weighted by Gasteiger charge is -2.06. The molecule has 2 aromatic heterocycles. The van der Waals surface area contributed by atoms with Gasteiger partial charge in [0.05, 0.1) is 22.2 Å². The van der Waals surface area contributed by atoms with Gasteiger partial charge in [-0.05, 0) is 19.1 Å². The van der Waals surface area contributed by atoms with Crippen LogP contribution < -0.4 is 0 Å². The van der Waals surface area contributed by atoms with Gasteiger partial charge in [0.15, 0.2) is 5.76 Å². The normalized spacial score (nSPS) is 10.9. The van der Waals surface area contributed by atoms with Crippen LogP contribution in [0, 0.1) is 0 Å². The fourth-order valence-electron chi connectivity index (χ4n) is 2.96. The van der Waals surface area contributed by atoms with E-state index in [1.165, 1.54) is 6.26 Å². The highest BCUT2D eigenvalue weighted by Gasteiger charge is 2.30. The predicted molar refractivity (Wildman–Crippen MR) is 109 cm³/mol. The standard InChI is InChI=1S/C21H14Cl2N2O4/c1-2-27-21(26)17-18(12-7-4-3-5-8-12)25-29-20(17)13-11-28-24-19(13)16-14(22)9-6-10-15(16)23/h3-11H,2H2,1H3. The Hall–Kier alpha value is -3.09. The molecule has 0 saturated heterocycles. The van der Waals surface area contributed by atoms with Gasteiger partial charge < -0.3 is 13.8 Å². The van der Waals surface area contributed by atoms with Crippen molar-refractivity contribution in [3.8, 4) is 33.8 Å². The Kier molecular flexibility index (Phi) is 5.38. The fraction of sp³-hybridized carbons (Fsp3) is 0.0952. The van der Waals surface area contributed by atoms with Crippen LogP contribution in [0.3, 0.4) is 0 Å². The van der Waals surface area contributed by atoms with Gasteiger partial charge in [0.1, 0.15) is 23.2 Å². The molecule has 0 aliphatic heterocycles. The zero-order chi connectivity index (χ0) is 20.4. The van der Waals surface area contributed by atoms with Crippen molar-refractivity contribution in [2.75, 3.05) is 6.61 Å². The minimum absolute atomic E-state index is 0.162. The Morgan fingerprint density at radius 2 is 1.72 bits per heavy atom. The van der Waals surface area contributed by atoms with E-state index in [0.717, 1.165) is 0 Å². The number of carbonyl (C=O) groups excluding carboxylic acids is 1. The summed E-state index contributed by atoms with van der Waals surface area (Å²) in [7, 11) is 0. The van der Waals surface area contributed by atoms with Crippen molar-refractivity contribution in [3.63, 3.8) is 0 Å². The van der Waals surface area contributed by atoms with Crippen LogP contribution in [0.15, 0.2) is 63.8 Å². The second-order valence-corrected chi connectivity index (χ2v) is 6.81. The van der Waals surface area contributed by atoms with E-state index < -0.39 is 5.97 Å². The summed E-state index contributed by atoms with van der Waals surface area (Å²) in [5.74, 6) is -0.408. The zero-order valence-corrected chi connectivity index (χ0v) is 16.7. The van der Waals surface area contributed by atoms with E-state index in [2.05, 4.69) is 10.3 Å². The van der Waals surface area contributed by atoms with Crippen molar-refractivity contribution in [3.05, 3.63) is 70.4 Å². The molecular formula is C21H14Cl2N2O4. The molecular weight excluding hydrogens is 415 g/mol. The summed E-state index contributed by atoms with van der Waals surface area (Å²) in [6.45, 7) is 1.92. The second kappa shape index (κ2) is 8.11. The molecule has 0 unspecified atom stereocenters. The molecule has 2 aromatic carbocycles. The van der Waals surface area contributed by atoms with E-state index in [9.17, 15) is 4.79 Å². The summed E-state index contributed by atoms with van der Waals surface area (Å²) in [5, 5.41) is 8.91. The van der Waals surface area contributed by atoms with E-state index in [4.69, 9.17) is 37.0 Å². The van der Waals surface area contributed by atoms with Crippen LogP contribution in [0.2, 0.25) is 10.0 Å². The number of ether oxygens (including phenoxy) is 1. The van der Waals surface area contributed by atoms with Crippen LogP contribution >= 0.6 is 23.2 Å².